The van der Waals surface area contributed by atoms with Gasteiger partial charge < -0.3 is 5.11 Å². The number of aryl methyl sites for hydroxylation is 1. The first kappa shape index (κ1) is 20.2. The van der Waals surface area contributed by atoms with Gasteiger partial charge in [0.05, 0.1) is 12.1 Å². The highest BCUT2D eigenvalue weighted by atomic mass is 32.1. The van der Waals surface area contributed by atoms with Crippen LogP contribution in [0, 0.1) is 5.41 Å². The number of carboxylic acid groups (broad SMARTS) is 1. The molecule has 7 heteroatoms. The first-order valence-electron chi connectivity index (χ1n) is 9.68. The molecular weight excluding hydrogens is 402 g/mol. The maximum absolute atomic E-state index is 12.2. The Morgan fingerprint density at radius 1 is 1.31 bits per heavy atom. The van der Waals surface area contributed by atoms with Gasteiger partial charge in [-0.05, 0) is 41.4 Å². The molecule has 0 atom stereocenters. The molecule has 0 amide bonds. The molecule has 1 aliphatic rings. The van der Waals surface area contributed by atoms with Crippen LogP contribution in [0.2, 0.25) is 0 Å². The molecule has 29 heavy (non-hydrogen) atoms. The van der Waals surface area contributed by atoms with Crippen LogP contribution in [0.15, 0.2) is 35.8 Å². The number of rotatable bonds is 6. The van der Waals surface area contributed by atoms with E-state index in [1.807, 2.05) is 29.6 Å². The van der Waals surface area contributed by atoms with Gasteiger partial charge in [0.1, 0.15) is 5.01 Å². The number of carboxylic acids is 1. The van der Waals surface area contributed by atoms with Crippen molar-refractivity contribution in [1.82, 2.24) is 9.99 Å². The maximum atomic E-state index is 12.2. The highest BCUT2D eigenvalue weighted by Crippen LogP contribution is 2.45. The number of hydrazine groups is 1. The molecule has 1 aliphatic carbocycles. The van der Waals surface area contributed by atoms with Crippen LogP contribution in [-0.2, 0) is 25.9 Å². The number of carbonyl (C=O) groups is 1. The fourth-order valence-corrected chi connectivity index (χ4v) is 6.01. The topological polar surface area (TPSA) is 79.5 Å². The second-order valence-electron chi connectivity index (χ2n) is 8.34. The summed E-state index contributed by atoms with van der Waals surface area (Å²) in [6.45, 7) is 5.53. The van der Waals surface area contributed by atoms with Crippen LogP contribution in [0.1, 0.15) is 51.6 Å². The van der Waals surface area contributed by atoms with E-state index in [1.165, 1.54) is 4.88 Å². The summed E-state index contributed by atoms with van der Waals surface area (Å²) in [5.74, 6) is 5.43. The Morgan fingerprint density at radius 3 is 2.83 bits per heavy atom. The maximum Gasteiger partial charge on any atom is 0.337 e. The van der Waals surface area contributed by atoms with Crippen LogP contribution in [0.4, 0.5) is 0 Å². The normalized spacial score (nSPS) is 15.4. The second kappa shape index (κ2) is 7.99. The number of thiazole rings is 1. The minimum Gasteiger partial charge on any atom is -0.478 e. The average Bonchev–Trinajstić information content (AvgIpc) is 3.28. The minimum absolute atomic E-state index is 0.136. The Labute approximate surface area is 178 Å². The molecule has 5 nitrogen and oxygen atoms in total. The number of hydrogen-bond acceptors (Lipinski definition) is 6. The summed E-state index contributed by atoms with van der Waals surface area (Å²) in [7, 11) is 0. The number of nitrogens with zero attached hydrogens (tertiary/aromatic N) is 2. The zero-order chi connectivity index (χ0) is 20.6. The first-order valence-corrected chi connectivity index (χ1v) is 11.4. The molecule has 2 heterocycles. The van der Waals surface area contributed by atoms with E-state index in [2.05, 4.69) is 18.8 Å². The number of aromatic nitrogens is 1. The van der Waals surface area contributed by atoms with Gasteiger partial charge in [0, 0.05) is 27.9 Å². The van der Waals surface area contributed by atoms with Gasteiger partial charge in [0.15, 0.2) is 0 Å². The van der Waals surface area contributed by atoms with Crippen molar-refractivity contribution in [3.05, 3.63) is 62.4 Å². The lowest BCUT2D eigenvalue weighted by Gasteiger charge is -2.29. The van der Waals surface area contributed by atoms with Crippen molar-refractivity contribution in [2.24, 2.45) is 11.3 Å². The molecule has 1 aromatic carbocycles. The van der Waals surface area contributed by atoms with Crippen molar-refractivity contribution in [2.75, 3.05) is 0 Å². The van der Waals surface area contributed by atoms with Gasteiger partial charge in [-0.2, -0.15) is 0 Å². The molecule has 0 fully saturated rings. The van der Waals surface area contributed by atoms with Crippen LogP contribution in [-0.4, -0.2) is 21.1 Å². The van der Waals surface area contributed by atoms with Gasteiger partial charge in [-0.3, -0.25) is 5.84 Å². The van der Waals surface area contributed by atoms with Gasteiger partial charge in [0.2, 0.25) is 0 Å². The minimum atomic E-state index is -0.836. The van der Waals surface area contributed by atoms with Gasteiger partial charge in [-0.25, -0.2) is 14.8 Å². The Bertz CT molecular complexity index is 1020. The molecule has 3 aromatic rings. The van der Waals surface area contributed by atoms with Crippen LogP contribution < -0.4 is 5.84 Å². The lowest BCUT2D eigenvalue weighted by molar-refractivity contribution is 0.0696. The predicted molar refractivity (Wildman–Crippen MR) is 118 cm³/mol. The molecule has 3 N–H and O–H groups in total. The van der Waals surface area contributed by atoms with Crippen LogP contribution in [0.25, 0.3) is 10.4 Å². The predicted octanol–water partition coefficient (Wildman–Crippen LogP) is 4.96. The standard InChI is InChI=1S/C22H25N3O2S2/c1-22(2)8-7-17-16(11-22)19(21(26)27)20(29-17)15-6-4-3-5-14(15)12-25(23)13-18-24-9-10-28-18/h3-6,9-10H,7-8,11-13,23H2,1-2H3,(H,26,27). The van der Waals surface area contributed by atoms with Crippen LogP contribution >= 0.6 is 22.7 Å². The van der Waals surface area contributed by atoms with Gasteiger partial charge >= 0.3 is 5.97 Å². The smallest absolute Gasteiger partial charge is 0.337 e. The molecule has 0 unspecified atom stereocenters. The van der Waals surface area contributed by atoms with E-state index >= 15 is 0 Å². The van der Waals surface area contributed by atoms with Crippen LogP contribution in [0.5, 0.6) is 0 Å². The Balaban J connectivity index is 1.71. The summed E-state index contributed by atoms with van der Waals surface area (Å²) in [6.07, 6.45) is 4.63. The molecule has 0 aliphatic heterocycles. The summed E-state index contributed by atoms with van der Waals surface area (Å²) in [6, 6.07) is 7.99. The monoisotopic (exact) mass is 427 g/mol. The van der Waals surface area contributed by atoms with Crippen LogP contribution in [0.3, 0.4) is 0 Å². The summed E-state index contributed by atoms with van der Waals surface area (Å²) in [5.41, 5.74) is 3.64. The Kier molecular flexibility index (Phi) is 5.57. The largest absolute Gasteiger partial charge is 0.478 e. The highest BCUT2D eigenvalue weighted by molar-refractivity contribution is 7.16. The lowest BCUT2D eigenvalue weighted by atomic mass is 9.76. The van der Waals surface area contributed by atoms with E-state index in [4.69, 9.17) is 5.84 Å². The SMILES string of the molecule is CC1(C)CCc2sc(-c3ccccc3CN(N)Cc3nccs3)c(C(=O)O)c2C1. The third-order valence-corrected chi connectivity index (χ3v) is 7.54. The molecule has 0 bridgehead atoms. The summed E-state index contributed by atoms with van der Waals surface area (Å²) in [5, 5.41) is 14.7. The lowest BCUT2D eigenvalue weighted by Crippen LogP contribution is -2.29. The van der Waals surface area contributed by atoms with Crippen molar-refractivity contribution >= 4 is 28.6 Å². The number of nitrogens with two attached hydrogens (primary N) is 1. The highest BCUT2D eigenvalue weighted by Gasteiger charge is 2.33. The molecule has 2 aromatic heterocycles. The van der Waals surface area contributed by atoms with E-state index in [0.29, 0.717) is 18.7 Å². The van der Waals surface area contributed by atoms with Crippen molar-refractivity contribution in [3.8, 4) is 10.4 Å². The Hall–Kier alpha value is -2.06. The molecule has 0 saturated carbocycles. The zero-order valence-electron chi connectivity index (χ0n) is 16.6. The summed E-state index contributed by atoms with van der Waals surface area (Å²) < 4.78 is 0. The van der Waals surface area contributed by atoms with E-state index in [-0.39, 0.29) is 5.41 Å². The van der Waals surface area contributed by atoms with Crippen molar-refractivity contribution in [2.45, 2.75) is 46.2 Å². The van der Waals surface area contributed by atoms with E-state index in [1.54, 1.807) is 33.9 Å². The fourth-order valence-electron chi connectivity index (χ4n) is 4.00. The van der Waals surface area contributed by atoms with Gasteiger partial charge in [0.25, 0.3) is 0 Å². The van der Waals surface area contributed by atoms with E-state index in [9.17, 15) is 9.90 Å². The molecule has 0 spiro atoms. The molecule has 4 rings (SSSR count). The van der Waals surface area contributed by atoms with Gasteiger partial charge in [-0.1, -0.05) is 38.1 Å². The van der Waals surface area contributed by atoms with Crippen molar-refractivity contribution in [3.63, 3.8) is 0 Å². The molecule has 152 valence electrons. The van der Waals surface area contributed by atoms with E-state index in [0.717, 1.165) is 45.8 Å². The van der Waals surface area contributed by atoms with E-state index < -0.39 is 5.97 Å². The number of benzene rings is 1. The second-order valence-corrected chi connectivity index (χ2v) is 10.4. The number of hydrogen-bond donors (Lipinski definition) is 2. The quantitative estimate of drug-likeness (QED) is 0.429. The number of fused-ring (bicyclic) bond motifs is 1. The molecular formula is C22H25N3O2S2. The third kappa shape index (κ3) is 4.28. The van der Waals surface area contributed by atoms with Crippen molar-refractivity contribution in [1.29, 1.82) is 0 Å². The average molecular weight is 428 g/mol. The zero-order valence-corrected chi connectivity index (χ0v) is 18.3. The third-order valence-electron chi connectivity index (χ3n) is 5.45. The summed E-state index contributed by atoms with van der Waals surface area (Å²) >= 11 is 3.22. The van der Waals surface area contributed by atoms with Crippen molar-refractivity contribution < 1.29 is 9.90 Å². The Morgan fingerprint density at radius 2 is 2.10 bits per heavy atom. The molecule has 0 radical (unpaired) electrons. The summed E-state index contributed by atoms with van der Waals surface area (Å²) in [4.78, 5) is 18.6. The number of aromatic carboxylic acids is 1. The fraction of sp³-hybridized carbons (Fsp3) is 0.364. The molecule has 0 saturated heterocycles. The number of thiophene rings is 1. The first-order chi connectivity index (χ1) is 13.8. The van der Waals surface area contributed by atoms with Gasteiger partial charge in [-0.15, -0.1) is 22.7 Å².